The summed E-state index contributed by atoms with van der Waals surface area (Å²) in [5, 5.41) is 0.941. The van der Waals surface area contributed by atoms with E-state index in [-0.39, 0.29) is 5.78 Å². The van der Waals surface area contributed by atoms with Crippen LogP contribution in [-0.4, -0.2) is 16.7 Å². The van der Waals surface area contributed by atoms with Crippen molar-refractivity contribution in [3.05, 3.63) is 71.9 Å². The Balaban J connectivity index is 2.15. The maximum Gasteiger partial charge on any atom is 0.250 e. The second-order valence-electron chi connectivity index (χ2n) is 5.81. The summed E-state index contributed by atoms with van der Waals surface area (Å²) < 4.78 is 0. The van der Waals surface area contributed by atoms with Gasteiger partial charge in [0.15, 0.2) is 5.78 Å². The lowest BCUT2D eigenvalue weighted by Crippen LogP contribution is -2.11. The van der Waals surface area contributed by atoms with Crippen LogP contribution in [0.2, 0.25) is 0 Å². The summed E-state index contributed by atoms with van der Waals surface area (Å²) in [5.74, 6) is -0.474. The zero-order valence-electron chi connectivity index (χ0n) is 13.4. The molecule has 0 aliphatic heterocycles. The number of hydrogen-bond donors (Lipinski definition) is 2. The second kappa shape index (κ2) is 6.16. The SMILES string of the molecule is C=CC(=O)Cc1cccc(-c2ccc(C(N)=O)c3[nH]c(C)cc23)c1. The smallest absolute Gasteiger partial charge is 0.250 e. The summed E-state index contributed by atoms with van der Waals surface area (Å²) in [4.78, 5) is 26.4. The maximum absolute atomic E-state index is 11.6. The standard InChI is InChI=1S/C20H18N2O2/c1-3-15(23)11-13-5-4-6-14(10-13)16-7-8-17(20(21)24)19-18(16)9-12(2)22-19/h3-10,22H,1,11H2,2H3,(H2,21,24). The maximum atomic E-state index is 11.6. The van der Waals surface area contributed by atoms with Gasteiger partial charge in [0.25, 0.3) is 5.91 Å². The minimum atomic E-state index is -0.460. The van der Waals surface area contributed by atoms with E-state index in [2.05, 4.69) is 11.6 Å². The number of hydrogen-bond acceptors (Lipinski definition) is 2. The highest BCUT2D eigenvalue weighted by atomic mass is 16.1. The van der Waals surface area contributed by atoms with Crippen molar-refractivity contribution in [3.8, 4) is 11.1 Å². The van der Waals surface area contributed by atoms with Crippen LogP contribution in [0.4, 0.5) is 0 Å². The Kier molecular flexibility index (Phi) is 4.04. The number of aryl methyl sites for hydroxylation is 1. The van der Waals surface area contributed by atoms with Gasteiger partial charge in [0.05, 0.1) is 11.1 Å². The van der Waals surface area contributed by atoms with Crippen molar-refractivity contribution in [2.24, 2.45) is 5.73 Å². The first kappa shape index (κ1) is 15.7. The predicted octanol–water partition coefficient (Wildman–Crippen LogP) is 3.54. The molecule has 0 aliphatic rings. The molecule has 3 aromatic rings. The second-order valence-corrected chi connectivity index (χ2v) is 5.81. The van der Waals surface area contributed by atoms with Crippen LogP contribution in [0.15, 0.2) is 55.1 Å². The average molecular weight is 318 g/mol. The van der Waals surface area contributed by atoms with Crippen LogP contribution < -0.4 is 5.73 Å². The van der Waals surface area contributed by atoms with Crippen LogP contribution in [0, 0.1) is 6.92 Å². The Morgan fingerprint density at radius 2 is 2.00 bits per heavy atom. The first-order chi connectivity index (χ1) is 11.5. The molecular formula is C20H18N2O2. The largest absolute Gasteiger partial charge is 0.366 e. The normalized spacial score (nSPS) is 10.7. The van der Waals surface area contributed by atoms with Crippen LogP contribution in [0.1, 0.15) is 21.6 Å². The molecule has 4 nitrogen and oxygen atoms in total. The number of primary amides is 1. The molecule has 0 saturated carbocycles. The highest BCUT2D eigenvalue weighted by Gasteiger charge is 2.13. The minimum absolute atomic E-state index is 0.0149. The minimum Gasteiger partial charge on any atom is -0.366 e. The van der Waals surface area contributed by atoms with Gasteiger partial charge < -0.3 is 10.7 Å². The molecule has 3 rings (SSSR count). The van der Waals surface area contributed by atoms with Crippen molar-refractivity contribution in [1.82, 2.24) is 4.98 Å². The quantitative estimate of drug-likeness (QED) is 0.706. The van der Waals surface area contributed by atoms with Gasteiger partial charge in [-0.2, -0.15) is 0 Å². The summed E-state index contributed by atoms with van der Waals surface area (Å²) in [6.45, 7) is 5.45. The van der Waals surface area contributed by atoms with E-state index >= 15 is 0 Å². The first-order valence-electron chi connectivity index (χ1n) is 7.66. The molecule has 0 fully saturated rings. The van der Waals surface area contributed by atoms with Gasteiger partial charge in [0, 0.05) is 17.5 Å². The van der Waals surface area contributed by atoms with E-state index in [9.17, 15) is 9.59 Å². The number of aromatic nitrogens is 1. The number of fused-ring (bicyclic) bond motifs is 1. The molecule has 1 heterocycles. The van der Waals surface area contributed by atoms with Gasteiger partial charge >= 0.3 is 0 Å². The molecule has 0 aliphatic carbocycles. The molecule has 0 spiro atoms. The van der Waals surface area contributed by atoms with E-state index in [0.717, 1.165) is 33.3 Å². The Bertz CT molecular complexity index is 967. The van der Waals surface area contributed by atoms with Crippen molar-refractivity contribution in [2.45, 2.75) is 13.3 Å². The van der Waals surface area contributed by atoms with Crippen molar-refractivity contribution in [1.29, 1.82) is 0 Å². The van der Waals surface area contributed by atoms with Gasteiger partial charge in [0.2, 0.25) is 0 Å². The molecule has 0 radical (unpaired) electrons. The highest BCUT2D eigenvalue weighted by Crippen LogP contribution is 2.32. The number of amides is 1. The van der Waals surface area contributed by atoms with Crippen LogP contribution in [0.3, 0.4) is 0 Å². The number of ketones is 1. The third-order valence-electron chi connectivity index (χ3n) is 4.04. The zero-order chi connectivity index (χ0) is 17.3. The molecule has 0 saturated heterocycles. The van der Waals surface area contributed by atoms with E-state index in [4.69, 9.17) is 5.73 Å². The zero-order valence-corrected chi connectivity index (χ0v) is 13.4. The molecule has 1 amide bonds. The molecule has 4 heteroatoms. The van der Waals surface area contributed by atoms with Crippen LogP contribution >= 0.6 is 0 Å². The number of aromatic amines is 1. The van der Waals surface area contributed by atoms with Crippen molar-refractivity contribution < 1.29 is 9.59 Å². The molecule has 0 atom stereocenters. The first-order valence-corrected chi connectivity index (χ1v) is 7.66. The van der Waals surface area contributed by atoms with E-state index in [0.29, 0.717) is 12.0 Å². The van der Waals surface area contributed by atoms with Crippen molar-refractivity contribution in [3.63, 3.8) is 0 Å². The number of rotatable bonds is 5. The number of benzene rings is 2. The number of nitrogens with one attached hydrogen (secondary N) is 1. The van der Waals surface area contributed by atoms with Crippen LogP contribution in [-0.2, 0) is 11.2 Å². The molecule has 0 unspecified atom stereocenters. The van der Waals surface area contributed by atoms with Crippen molar-refractivity contribution >= 4 is 22.6 Å². The summed E-state index contributed by atoms with van der Waals surface area (Å²) in [6.07, 6.45) is 1.66. The number of H-pyrrole nitrogens is 1. The van der Waals surface area contributed by atoms with Gasteiger partial charge in [-0.1, -0.05) is 36.9 Å². The lowest BCUT2D eigenvalue weighted by atomic mass is 9.96. The summed E-state index contributed by atoms with van der Waals surface area (Å²) in [5.41, 5.74) is 10.5. The lowest BCUT2D eigenvalue weighted by molar-refractivity contribution is -0.114. The van der Waals surface area contributed by atoms with Crippen molar-refractivity contribution in [2.75, 3.05) is 0 Å². The number of nitrogens with two attached hydrogens (primary N) is 1. The molecule has 2 aromatic carbocycles. The fraction of sp³-hybridized carbons (Fsp3) is 0.100. The number of carbonyl (C=O) groups is 2. The third-order valence-corrected chi connectivity index (χ3v) is 4.04. The Morgan fingerprint density at radius 3 is 2.71 bits per heavy atom. The Labute approximate surface area is 140 Å². The Hall–Kier alpha value is -3.14. The fourth-order valence-electron chi connectivity index (χ4n) is 2.93. The molecule has 24 heavy (non-hydrogen) atoms. The summed E-state index contributed by atoms with van der Waals surface area (Å²) in [7, 11) is 0. The van der Waals surface area contributed by atoms with Gasteiger partial charge in [-0.15, -0.1) is 0 Å². The number of carbonyl (C=O) groups excluding carboxylic acids is 2. The predicted molar refractivity (Wildman–Crippen MR) is 95.9 cm³/mol. The monoisotopic (exact) mass is 318 g/mol. The van der Waals surface area contributed by atoms with E-state index in [1.165, 1.54) is 6.08 Å². The van der Waals surface area contributed by atoms with Gasteiger partial charge in [-0.05, 0) is 41.8 Å². The van der Waals surface area contributed by atoms with Crippen LogP contribution in [0.25, 0.3) is 22.0 Å². The summed E-state index contributed by atoms with van der Waals surface area (Å²) >= 11 is 0. The average Bonchev–Trinajstić information content (AvgIpc) is 2.94. The Morgan fingerprint density at radius 1 is 1.21 bits per heavy atom. The molecule has 1 aromatic heterocycles. The van der Waals surface area contributed by atoms with Gasteiger partial charge in [0.1, 0.15) is 0 Å². The van der Waals surface area contributed by atoms with Gasteiger partial charge in [-0.3, -0.25) is 9.59 Å². The van der Waals surface area contributed by atoms with Gasteiger partial charge in [-0.25, -0.2) is 0 Å². The number of allylic oxidation sites excluding steroid dienone is 1. The summed E-state index contributed by atoms with van der Waals surface area (Å²) in [6, 6.07) is 13.4. The third kappa shape index (κ3) is 2.86. The molecule has 3 N–H and O–H groups in total. The topological polar surface area (TPSA) is 76.0 Å². The highest BCUT2D eigenvalue weighted by molar-refractivity contribution is 6.09. The van der Waals surface area contributed by atoms with E-state index in [1.807, 2.05) is 43.3 Å². The molecular weight excluding hydrogens is 300 g/mol. The van der Waals surface area contributed by atoms with E-state index < -0.39 is 5.91 Å². The molecule has 120 valence electrons. The molecule has 0 bridgehead atoms. The van der Waals surface area contributed by atoms with Crippen LogP contribution in [0.5, 0.6) is 0 Å². The lowest BCUT2D eigenvalue weighted by Gasteiger charge is -2.08. The van der Waals surface area contributed by atoms with E-state index in [1.54, 1.807) is 6.07 Å². The fourth-order valence-corrected chi connectivity index (χ4v) is 2.93.